The maximum atomic E-state index is 13.0. The molecule has 2 N–H and O–H groups in total. The average molecular weight is 401 g/mol. The standard InChI is InChI=1S/C23H19N3O4/c1-26-20-11-5-3-8-16(20)18(13-21(26)27)23(29)25-19-10-4-2-9-17(19)22(28)24-14-15-7-6-12-30-15/h2-13H,14H2,1H3,(H,24,28)(H,25,29). The highest BCUT2D eigenvalue weighted by Crippen LogP contribution is 2.20. The molecule has 0 aliphatic carbocycles. The zero-order valence-corrected chi connectivity index (χ0v) is 16.2. The van der Waals surface area contributed by atoms with E-state index in [2.05, 4.69) is 10.6 Å². The van der Waals surface area contributed by atoms with Gasteiger partial charge < -0.3 is 19.6 Å². The molecule has 0 aliphatic rings. The number of hydrogen-bond acceptors (Lipinski definition) is 4. The summed E-state index contributed by atoms with van der Waals surface area (Å²) in [7, 11) is 1.66. The molecule has 4 rings (SSSR count). The van der Waals surface area contributed by atoms with E-state index in [0.717, 1.165) is 0 Å². The number of carbonyl (C=O) groups excluding carboxylic acids is 2. The Balaban J connectivity index is 1.62. The molecular formula is C23H19N3O4. The third kappa shape index (κ3) is 3.73. The van der Waals surface area contributed by atoms with E-state index in [9.17, 15) is 14.4 Å². The predicted molar refractivity (Wildman–Crippen MR) is 113 cm³/mol. The molecule has 0 radical (unpaired) electrons. The molecule has 0 atom stereocenters. The van der Waals surface area contributed by atoms with Gasteiger partial charge in [0, 0.05) is 18.5 Å². The first kappa shape index (κ1) is 19.2. The number of pyridine rings is 1. The molecule has 0 spiro atoms. The summed E-state index contributed by atoms with van der Waals surface area (Å²) < 4.78 is 6.71. The minimum atomic E-state index is -0.463. The molecule has 7 heteroatoms. The number of amides is 2. The van der Waals surface area contributed by atoms with Gasteiger partial charge in [-0.3, -0.25) is 14.4 Å². The number of rotatable bonds is 5. The average Bonchev–Trinajstić information content (AvgIpc) is 3.28. The first-order valence-electron chi connectivity index (χ1n) is 9.34. The van der Waals surface area contributed by atoms with Crippen LogP contribution in [0.15, 0.2) is 82.2 Å². The first-order valence-corrected chi connectivity index (χ1v) is 9.34. The molecule has 0 aliphatic heterocycles. The van der Waals surface area contributed by atoms with E-state index in [1.165, 1.54) is 16.9 Å². The molecular weight excluding hydrogens is 382 g/mol. The van der Waals surface area contributed by atoms with Gasteiger partial charge in [-0.15, -0.1) is 0 Å². The summed E-state index contributed by atoms with van der Waals surface area (Å²) in [5.41, 5.74) is 1.28. The molecule has 4 aromatic rings. The molecule has 2 aromatic carbocycles. The van der Waals surface area contributed by atoms with Crippen LogP contribution in [0.25, 0.3) is 10.9 Å². The Morgan fingerprint density at radius 3 is 2.50 bits per heavy atom. The van der Waals surface area contributed by atoms with Crippen LogP contribution in [0.2, 0.25) is 0 Å². The van der Waals surface area contributed by atoms with Crippen molar-refractivity contribution in [2.24, 2.45) is 7.05 Å². The molecule has 150 valence electrons. The van der Waals surface area contributed by atoms with Crippen LogP contribution in [0.5, 0.6) is 0 Å². The zero-order chi connectivity index (χ0) is 21.1. The zero-order valence-electron chi connectivity index (χ0n) is 16.2. The molecule has 2 amide bonds. The van der Waals surface area contributed by atoms with Crippen molar-refractivity contribution in [2.45, 2.75) is 6.54 Å². The number of nitrogens with one attached hydrogen (secondary N) is 2. The third-order valence-electron chi connectivity index (χ3n) is 4.82. The normalized spacial score (nSPS) is 10.7. The van der Waals surface area contributed by atoms with E-state index < -0.39 is 5.91 Å². The number of fused-ring (bicyclic) bond motifs is 1. The fourth-order valence-corrected chi connectivity index (χ4v) is 3.25. The molecule has 30 heavy (non-hydrogen) atoms. The maximum Gasteiger partial charge on any atom is 0.256 e. The van der Waals surface area contributed by atoms with Gasteiger partial charge in [-0.1, -0.05) is 30.3 Å². The Hall–Kier alpha value is -4.13. The summed E-state index contributed by atoms with van der Waals surface area (Å²) in [4.78, 5) is 37.9. The van der Waals surface area contributed by atoms with E-state index in [1.54, 1.807) is 61.6 Å². The quantitative estimate of drug-likeness (QED) is 0.537. The minimum Gasteiger partial charge on any atom is -0.467 e. The Kier molecular flexibility index (Phi) is 5.17. The van der Waals surface area contributed by atoms with Crippen molar-refractivity contribution < 1.29 is 14.0 Å². The Morgan fingerprint density at radius 1 is 0.933 bits per heavy atom. The van der Waals surface area contributed by atoms with Crippen LogP contribution < -0.4 is 16.2 Å². The van der Waals surface area contributed by atoms with E-state index in [1.807, 2.05) is 6.07 Å². The lowest BCUT2D eigenvalue weighted by molar-refractivity contribution is 0.0949. The minimum absolute atomic E-state index is 0.230. The second kappa shape index (κ2) is 8.08. The number of aryl methyl sites for hydroxylation is 1. The van der Waals surface area contributed by atoms with Crippen LogP contribution in [0.1, 0.15) is 26.5 Å². The lowest BCUT2D eigenvalue weighted by atomic mass is 10.1. The first-order chi connectivity index (χ1) is 14.5. The van der Waals surface area contributed by atoms with E-state index in [-0.39, 0.29) is 23.6 Å². The van der Waals surface area contributed by atoms with Crippen LogP contribution in [-0.2, 0) is 13.6 Å². The summed E-state index contributed by atoms with van der Waals surface area (Å²) in [6, 6.07) is 18.7. The van der Waals surface area contributed by atoms with Gasteiger partial charge in [0.15, 0.2) is 0 Å². The predicted octanol–water partition coefficient (Wildman–Crippen LogP) is 3.31. The van der Waals surface area contributed by atoms with Crippen LogP contribution in [0.3, 0.4) is 0 Å². The molecule has 2 aromatic heterocycles. The third-order valence-corrected chi connectivity index (χ3v) is 4.82. The second-order valence-corrected chi connectivity index (χ2v) is 6.73. The number of hydrogen-bond donors (Lipinski definition) is 2. The second-order valence-electron chi connectivity index (χ2n) is 6.73. The van der Waals surface area contributed by atoms with Crippen molar-refractivity contribution in [3.8, 4) is 0 Å². The molecule has 2 heterocycles. The molecule has 0 saturated heterocycles. The van der Waals surface area contributed by atoms with Crippen molar-refractivity contribution in [1.29, 1.82) is 0 Å². The number of nitrogens with zero attached hydrogens (tertiary/aromatic N) is 1. The highest BCUT2D eigenvalue weighted by atomic mass is 16.3. The number of furan rings is 1. The van der Waals surface area contributed by atoms with E-state index >= 15 is 0 Å². The van der Waals surface area contributed by atoms with Crippen molar-refractivity contribution in [3.63, 3.8) is 0 Å². The summed E-state index contributed by atoms with van der Waals surface area (Å²) in [5.74, 6) is -0.192. The summed E-state index contributed by atoms with van der Waals surface area (Å²) in [6.07, 6.45) is 1.53. The molecule has 7 nitrogen and oxygen atoms in total. The lowest BCUT2D eigenvalue weighted by Gasteiger charge is -2.13. The van der Waals surface area contributed by atoms with Crippen molar-refractivity contribution in [1.82, 2.24) is 9.88 Å². The molecule has 0 fully saturated rings. The summed E-state index contributed by atoms with van der Waals surface area (Å²) in [5, 5.41) is 6.18. The number of carbonyl (C=O) groups is 2. The van der Waals surface area contributed by atoms with Crippen molar-refractivity contribution >= 4 is 28.4 Å². The number of aromatic nitrogens is 1. The Labute approximate surface area is 171 Å². The lowest BCUT2D eigenvalue weighted by Crippen LogP contribution is -2.25. The van der Waals surface area contributed by atoms with Gasteiger partial charge in [0.2, 0.25) is 0 Å². The molecule has 0 saturated carbocycles. The van der Waals surface area contributed by atoms with Gasteiger partial charge >= 0.3 is 0 Å². The fraction of sp³-hybridized carbons (Fsp3) is 0.0870. The van der Waals surface area contributed by atoms with Gasteiger partial charge in [-0.05, 0) is 30.3 Å². The maximum absolute atomic E-state index is 13.0. The Morgan fingerprint density at radius 2 is 1.70 bits per heavy atom. The van der Waals surface area contributed by atoms with Gasteiger partial charge in [0.05, 0.1) is 35.1 Å². The summed E-state index contributed by atoms with van der Waals surface area (Å²) in [6.45, 7) is 0.230. The molecule has 0 unspecified atom stereocenters. The number of anilines is 1. The van der Waals surface area contributed by atoms with Gasteiger partial charge in [0.1, 0.15) is 5.76 Å². The van der Waals surface area contributed by atoms with Crippen molar-refractivity contribution in [3.05, 3.63) is 100 Å². The highest BCUT2D eigenvalue weighted by molar-refractivity contribution is 6.14. The fourth-order valence-electron chi connectivity index (χ4n) is 3.25. The van der Waals surface area contributed by atoms with E-state index in [0.29, 0.717) is 27.9 Å². The monoisotopic (exact) mass is 401 g/mol. The van der Waals surface area contributed by atoms with Gasteiger partial charge in [-0.25, -0.2) is 0 Å². The number of para-hydroxylation sites is 2. The summed E-state index contributed by atoms with van der Waals surface area (Å²) >= 11 is 0. The molecule has 0 bridgehead atoms. The Bertz CT molecular complexity index is 1290. The van der Waals surface area contributed by atoms with Crippen LogP contribution >= 0.6 is 0 Å². The van der Waals surface area contributed by atoms with Crippen LogP contribution in [0.4, 0.5) is 5.69 Å². The SMILES string of the molecule is Cn1c(=O)cc(C(=O)Nc2ccccc2C(=O)NCc2ccco2)c2ccccc21. The van der Waals surface area contributed by atoms with Gasteiger partial charge in [0.25, 0.3) is 17.4 Å². The number of benzene rings is 2. The largest absolute Gasteiger partial charge is 0.467 e. The van der Waals surface area contributed by atoms with E-state index in [4.69, 9.17) is 4.42 Å². The van der Waals surface area contributed by atoms with Crippen LogP contribution in [-0.4, -0.2) is 16.4 Å². The smallest absolute Gasteiger partial charge is 0.256 e. The highest BCUT2D eigenvalue weighted by Gasteiger charge is 2.17. The topological polar surface area (TPSA) is 93.3 Å². The van der Waals surface area contributed by atoms with Crippen molar-refractivity contribution in [2.75, 3.05) is 5.32 Å². The van der Waals surface area contributed by atoms with Gasteiger partial charge in [-0.2, -0.15) is 0 Å². The van der Waals surface area contributed by atoms with Crippen LogP contribution in [0, 0.1) is 0 Å².